The standard InChI is InChI=1S/C25H22N2O4S/c1-15(2)31-21-13-12-16-8-4-5-9-17(16)18(21)14-19-23(28)26-25(32)27(24(19)29)20-10-6-7-11-22(20)30-3/h4-15H,1-3H3,(H,26,28,32)/b19-14+. The molecule has 3 aromatic rings. The molecule has 1 N–H and O–H groups in total. The second kappa shape index (κ2) is 8.80. The molecule has 2 amide bonds. The van der Waals surface area contributed by atoms with Gasteiger partial charge in [0.05, 0.1) is 18.9 Å². The zero-order chi connectivity index (χ0) is 22.8. The second-order valence-electron chi connectivity index (χ2n) is 7.49. The summed E-state index contributed by atoms with van der Waals surface area (Å²) in [6.45, 7) is 3.85. The van der Waals surface area contributed by atoms with Gasteiger partial charge in [-0.05, 0) is 61.1 Å². The number of hydrogen-bond donors (Lipinski definition) is 1. The van der Waals surface area contributed by atoms with Gasteiger partial charge in [0.1, 0.15) is 17.1 Å². The average molecular weight is 447 g/mol. The number of nitrogens with one attached hydrogen (secondary N) is 1. The number of nitrogens with zero attached hydrogens (tertiary/aromatic N) is 1. The largest absolute Gasteiger partial charge is 0.495 e. The molecule has 0 unspecified atom stereocenters. The molecule has 1 fully saturated rings. The monoisotopic (exact) mass is 446 g/mol. The van der Waals surface area contributed by atoms with Gasteiger partial charge in [-0.25, -0.2) is 4.90 Å². The van der Waals surface area contributed by atoms with Crippen molar-refractivity contribution >= 4 is 51.7 Å². The molecule has 4 rings (SSSR count). The van der Waals surface area contributed by atoms with Crippen LogP contribution in [0.15, 0.2) is 66.2 Å². The Morgan fingerprint density at radius 3 is 2.44 bits per heavy atom. The fourth-order valence-electron chi connectivity index (χ4n) is 3.62. The molecule has 0 aliphatic carbocycles. The smallest absolute Gasteiger partial charge is 0.270 e. The van der Waals surface area contributed by atoms with E-state index >= 15 is 0 Å². The first kappa shape index (κ1) is 21.5. The van der Waals surface area contributed by atoms with Gasteiger partial charge in [0.15, 0.2) is 5.11 Å². The molecule has 3 aromatic carbocycles. The summed E-state index contributed by atoms with van der Waals surface area (Å²) in [5, 5.41) is 4.46. The highest BCUT2D eigenvalue weighted by Crippen LogP contribution is 2.34. The van der Waals surface area contributed by atoms with Crippen molar-refractivity contribution in [2.75, 3.05) is 12.0 Å². The van der Waals surface area contributed by atoms with Crippen molar-refractivity contribution in [2.45, 2.75) is 20.0 Å². The van der Waals surface area contributed by atoms with Crippen LogP contribution in [0.2, 0.25) is 0 Å². The molecule has 7 heteroatoms. The molecule has 1 heterocycles. The number of fused-ring (bicyclic) bond motifs is 1. The normalized spacial score (nSPS) is 15.4. The molecule has 1 aliphatic rings. The van der Waals surface area contributed by atoms with E-state index in [-0.39, 0.29) is 16.8 Å². The summed E-state index contributed by atoms with van der Waals surface area (Å²) < 4.78 is 11.4. The fraction of sp³-hybridized carbons (Fsp3) is 0.160. The predicted octanol–water partition coefficient (Wildman–Crippen LogP) is 4.47. The van der Waals surface area contributed by atoms with Gasteiger partial charge in [-0.2, -0.15) is 0 Å². The van der Waals surface area contributed by atoms with Crippen molar-refractivity contribution in [3.8, 4) is 11.5 Å². The molecule has 0 atom stereocenters. The molecule has 0 saturated carbocycles. The molecule has 0 bridgehead atoms. The molecule has 32 heavy (non-hydrogen) atoms. The van der Waals surface area contributed by atoms with Crippen LogP contribution in [0.25, 0.3) is 16.8 Å². The summed E-state index contributed by atoms with van der Waals surface area (Å²) in [5.74, 6) is -0.0438. The van der Waals surface area contributed by atoms with Crippen LogP contribution >= 0.6 is 12.2 Å². The second-order valence-corrected chi connectivity index (χ2v) is 7.88. The number of ether oxygens (including phenoxy) is 2. The first-order valence-electron chi connectivity index (χ1n) is 10.1. The van der Waals surface area contributed by atoms with E-state index in [4.69, 9.17) is 21.7 Å². The molecule has 0 radical (unpaired) electrons. The van der Waals surface area contributed by atoms with Crippen molar-refractivity contribution in [3.05, 3.63) is 71.8 Å². The third-order valence-electron chi connectivity index (χ3n) is 5.01. The van der Waals surface area contributed by atoms with E-state index in [2.05, 4.69) is 5.32 Å². The Balaban J connectivity index is 1.88. The molecule has 1 aliphatic heterocycles. The zero-order valence-corrected chi connectivity index (χ0v) is 18.7. The molecule has 6 nitrogen and oxygen atoms in total. The molecule has 0 spiro atoms. The fourth-order valence-corrected chi connectivity index (χ4v) is 3.89. The van der Waals surface area contributed by atoms with Gasteiger partial charge in [-0.3, -0.25) is 14.9 Å². The Labute approximate surface area is 191 Å². The Hall–Kier alpha value is -3.71. The minimum absolute atomic E-state index is 0.00164. The summed E-state index contributed by atoms with van der Waals surface area (Å²) in [5.41, 5.74) is 1.06. The number of carbonyl (C=O) groups is 2. The highest BCUT2D eigenvalue weighted by Gasteiger charge is 2.36. The van der Waals surface area contributed by atoms with E-state index in [0.717, 1.165) is 10.8 Å². The Morgan fingerprint density at radius 2 is 1.69 bits per heavy atom. The van der Waals surface area contributed by atoms with Gasteiger partial charge >= 0.3 is 0 Å². The maximum absolute atomic E-state index is 13.5. The quantitative estimate of drug-likeness (QED) is 0.356. The number of anilines is 1. The van der Waals surface area contributed by atoms with Crippen molar-refractivity contribution in [1.82, 2.24) is 5.32 Å². The molecular weight excluding hydrogens is 424 g/mol. The van der Waals surface area contributed by atoms with E-state index < -0.39 is 11.8 Å². The highest BCUT2D eigenvalue weighted by atomic mass is 32.1. The number of rotatable bonds is 5. The Bertz CT molecular complexity index is 1270. The third-order valence-corrected chi connectivity index (χ3v) is 5.29. The minimum Gasteiger partial charge on any atom is -0.495 e. The van der Waals surface area contributed by atoms with Crippen LogP contribution in [-0.4, -0.2) is 30.1 Å². The third kappa shape index (κ3) is 3.94. The number of hydrogen-bond acceptors (Lipinski definition) is 5. The van der Waals surface area contributed by atoms with E-state index in [1.165, 1.54) is 12.0 Å². The number of amides is 2. The maximum Gasteiger partial charge on any atom is 0.270 e. The summed E-state index contributed by atoms with van der Waals surface area (Å²) >= 11 is 5.31. The summed E-state index contributed by atoms with van der Waals surface area (Å²) in [4.78, 5) is 27.6. The number of carbonyl (C=O) groups excluding carboxylic acids is 2. The van der Waals surface area contributed by atoms with Gasteiger partial charge in [0.2, 0.25) is 0 Å². The lowest BCUT2D eigenvalue weighted by Gasteiger charge is -2.30. The maximum atomic E-state index is 13.5. The highest BCUT2D eigenvalue weighted by molar-refractivity contribution is 7.80. The first-order chi connectivity index (χ1) is 15.4. The van der Waals surface area contributed by atoms with Gasteiger partial charge in [0, 0.05) is 5.56 Å². The van der Waals surface area contributed by atoms with Crippen molar-refractivity contribution < 1.29 is 19.1 Å². The van der Waals surface area contributed by atoms with Crippen molar-refractivity contribution in [3.63, 3.8) is 0 Å². The molecular formula is C25H22N2O4S. The Morgan fingerprint density at radius 1 is 0.969 bits per heavy atom. The number of methoxy groups -OCH3 is 1. The van der Waals surface area contributed by atoms with Crippen LogP contribution in [0.5, 0.6) is 11.5 Å². The van der Waals surface area contributed by atoms with Gasteiger partial charge < -0.3 is 9.47 Å². The zero-order valence-electron chi connectivity index (χ0n) is 17.9. The first-order valence-corrected chi connectivity index (χ1v) is 10.5. The van der Waals surface area contributed by atoms with E-state index in [1.807, 2.05) is 50.2 Å². The minimum atomic E-state index is -0.561. The van der Waals surface area contributed by atoms with Crippen LogP contribution in [0.1, 0.15) is 19.4 Å². The van der Waals surface area contributed by atoms with Crippen LogP contribution in [-0.2, 0) is 9.59 Å². The number of thiocarbonyl (C=S) groups is 1. The lowest BCUT2D eigenvalue weighted by molar-refractivity contribution is -0.122. The Kier molecular flexibility index (Phi) is 5.92. The van der Waals surface area contributed by atoms with Gasteiger partial charge in [0.25, 0.3) is 11.8 Å². The van der Waals surface area contributed by atoms with E-state index in [1.54, 1.807) is 30.3 Å². The van der Waals surface area contributed by atoms with Crippen LogP contribution in [0.3, 0.4) is 0 Å². The average Bonchev–Trinajstić information content (AvgIpc) is 2.77. The lowest BCUT2D eigenvalue weighted by atomic mass is 9.99. The predicted molar refractivity (Wildman–Crippen MR) is 129 cm³/mol. The number of benzene rings is 3. The lowest BCUT2D eigenvalue weighted by Crippen LogP contribution is -2.54. The number of para-hydroxylation sites is 2. The van der Waals surface area contributed by atoms with E-state index in [0.29, 0.717) is 22.7 Å². The summed E-state index contributed by atoms with van der Waals surface area (Å²) in [6, 6.07) is 18.5. The summed E-state index contributed by atoms with van der Waals surface area (Å²) in [6.07, 6.45) is 1.49. The molecule has 0 aromatic heterocycles. The molecule has 162 valence electrons. The topological polar surface area (TPSA) is 67.9 Å². The van der Waals surface area contributed by atoms with E-state index in [9.17, 15) is 9.59 Å². The van der Waals surface area contributed by atoms with Gasteiger partial charge in [-0.15, -0.1) is 0 Å². The van der Waals surface area contributed by atoms with Gasteiger partial charge in [-0.1, -0.05) is 42.5 Å². The SMILES string of the molecule is COc1ccccc1N1C(=O)/C(=C/c2c(OC(C)C)ccc3ccccc23)C(=O)NC1=S. The molecule has 1 saturated heterocycles. The van der Waals surface area contributed by atoms with Crippen LogP contribution < -0.4 is 19.7 Å². The van der Waals surface area contributed by atoms with Crippen LogP contribution in [0.4, 0.5) is 5.69 Å². The summed E-state index contributed by atoms with van der Waals surface area (Å²) in [7, 11) is 1.51. The van der Waals surface area contributed by atoms with Crippen molar-refractivity contribution in [1.29, 1.82) is 0 Å². The van der Waals surface area contributed by atoms with Crippen molar-refractivity contribution in [2.24, 2.45) is 0 Å². The van der Waals surface area contributed by atoms with Crippen LogP contribution in [0, 0.1) is 0 Å².